The van der Waals surface area contributed by atoms with Gasteiger partial charge in [-0.2, -0.15) is 0 Å². The van der Waals surface area contributed by atoms with E-state index in [0.717, 1.165) is 12.8 Å². The molecule has 0 saturated carbocycles. The van der Waals surface area contributed by atoms with Crippen LogP contribution in [-0.4, -0.2) is 0 Å². The van der Waals surface area contributed by atoms with Crippen LogP contribution in [0.3, 0.4) is 0 Å². The fraction of sp³-hybridized carbons (Fsp3) is 0.200. The van der Waals surface area contributed by atoms with Crippen LogP contribution in [0.4, 0.5) is 0 Å². The zero-order valence-corrected chi connectivity index (χ0v) is 12.0. The Morgan fingerprint density at radius 3 is 2.30 bits per heavy atom. The van der Waals surface area contributed by atoms with E-state index in [9.17, 15) is 0 Å². The molecule has 1 aliphatic rings. The van der Waals surface area contributed by atoms with Gasteiger partial charge in [-0.05, 0) is 62.7 Å². The van der Waals surface area contributed by atoms with Crippen molar-refractivity contribution < 1.29 is 0 Å². The van der Waals surface area contributed by atoms with Gasteiger partial charge in [0.2, 0.25) is 0 Å². The summed E-state index contributed by atoms with van der Waals surface area (Å²) in [6.07, 6.45) is 2.23. The average molecular weight is 258 g/mol. The van der Waals surface area contributed by atoms with Crippen molar-refractivity contribution in [3.05, 3.63) is 59.7 Å². The molecule has 0 nitrogen and oxygen atoms in total. The number of benzene rings is 3. The predicted octanol–water partition coefficient (Wildman–Crippen LogP) is 6.04. The molecule has 0 heteroatoms. The molecular formula is C20H18. The van der Waals surface area contributed by atoms with E-state index in [4.69, 9.17) is 0 Å². The Morgan fingerprint density at radius 2 is 1.50 bits per heavy atom. The van der Waals surface area contributed by atoms with E-state index < -0.39 is 0 Å². The summed E-state index contributed by atoms with van der Waals surface area (Å²) in [6.45, 7) is 4.56. The smallest absolute Gasteiger partial charge is 0.00267 e. The topological polar surface area (TPSA) is 0 Å². The van der Waals surface area contributed by atoms with Crippen molar-refractivity contribution in [3.63, 3.8) is 0 Å². The minimum atomic E-state index is 1.11. The van der Waals surface area contributed by atoms with Gasteiger partial charge < -0.3 is 0 Å². The monoisotopic (exact) mass is 258 g/mol. The maximum Gasteiger partial charge on any atom is -0.00267 e. The van der Waals surface area contributed by atoms with Gasteiger partial charge in [-0.15, -0.1) is 0 Å². The molecule has 1 aliphatic carbocycles. The third-order valence-corrected chi connectivity index (χ3v) is 4.59. The first kappa shape index (κ1) is 11.7. The first-order valence-corrected chi connectivity index (χ1v) is 7.52. The SMILES string of the molecule is CCC1=C(CC)c2c3ccccc3cc3cccc1c23. The van der Waals surface area contributed by atoms with E-state index >= 15 is 0 Å². The molecule has 0 aromatic heterocycles. The molecule has 0 heterocycles. The normalized spacial score (nSPS) is 13.7. The summed E-state index contributed by atoms with van der Waals surface area (Å²) in [5.74, 6) is 0. The summed E-state index contributed by atoms with van der Waals surface area (Å²) in [4.78, 5) is 0. The van der Waals surface area contributed by atoms with Crippen LogP contribution < -0.4 is 0 Å². The van der Waals surface area contributed by atoms with E-state index in [1.54, 1.807) is 11.1 Å². The van der Waals surface area contributed by atoms with Crippen LogP contribution in [0.5, 0.6) is 0 Å². The Hall–Kier alpha value is -2.08. The van der Waals surface area contributed by atoms with E-state index in [-0.39, 0.29) is 0 Å². The van der Waals surface area contributed by atoms with Crippen molar-refractivity contribution >= 4 is 32.7 Å². The molecule has 0 spiro atoms. The molecule has 3 aromatic carbocycles. The average Bonchev–Trinajstić information content (AvgIpc) is 2.83. The third kappa shape index (κ3) is 1.37. The number of allylic oxidation sites excluding steroid dienone is 2. The number of hydrogen-bond acceptors (Lipinski definition) is 0. The molecule has 0 atom stereocenters. The largest absolute Gasteiger partial charge is 0.0616 e. The van der Waals surface area contributed by atoms with Gasteiger partial charge in [0.25, 0.3) is 0 Å². The van der Waals surface area contributed by atoms with Crippen LogP contribution in [-0.2, 0) is 0 Å². The van der Waals surface area contributed by atoms with Gasteiger partial charge >= 0.3 is 0 Å². The minimum Gasteiger partial charge on any atom is -0.0616 e. The van der Waals surface area contributed by atoms with Gasteiger partial charge in [-0.3, -0.25) is 0 Å². The molecule has 0 aliphatic heterocycles. The van der Waals surface area contributed by atoms with Gasteiger partial charge in [0.15, 0.2) is 0 Å². The van der Waals surface area contributed by atoms with Crippen molar-refractivity contribution in [2.45, 2.75) is 26.7 Å². The quantitative estimate of drug-likeness (QED) is 0.492. The number of fused-ring (bicyclic) bond motifs is 2. The van der Waals surface area contributed by atoms with E-state index in [0.29, 0.717) is 0 Å². The second-order valence-corrected chi connectivity index (χ2v) is 5.54. The molecule has 0 bridgehead atoms. The fourth-order valence-electron chi connectivity index (χ4n) is 3.79. The molecular weight excluding hydrogens is 240 g/mol. The van der Waals surface area contributed by atoms with Crippen LogP contribution in [0, 0.1) is 0 Å². The van der Waals surface area contributed by atoms with Crippen LogP contribution in [0.2, 0.25) is 0 Å². The molecule has 0 unspecified atom stereocenters. The third-order valence-electron chi connectivity index (χ3n) is 4.59. The van der Waals surface area contributed by atoms with E-state index in [1.165, 1.54) is 32.7 Å². The highest BCUT2D eigenvalue weighted by molar-refractivity contribution is 6.21. The summed E-state index contributed by atoms with van der Waals surface area (Å²) < 4.78 is 0. The van der Waals surface area contributed by atoms with Crippen molar-refractivity contribution in [3.8, 4) is 0 Å². The summed E-state index contributed by atoms with van der Waals surface area (Å²) >= 11 is 0. The van der Waals surface area contributed by atoms with Crippen molar-refractivity contribution in [1.29, 1.82) is 0 Å². The number of hydrogen-bond donors (Lipinski definition) is 0. The van der Waals surface area contributed by atoms with E-state index in [1.807, 2.05) is 0 Å². The zero-order valence-electron chi connectivity index (χ0n) is 12.0. The van der Waals surface area contributed by atoms with E-state index in [2.05, 4.69) is 62.4 Å². The molecule has 0 N–H and O–H groups in total. The minimum absolute atomic E-state index is 1.11. The summed E-state index contributed by atoms with van der Waals surface area (Å²) in [5.41, 5.74) is 6.05. The molecule has 0 fully saturated rings. The summed E-state index contributed by atoms with van der Waals surface area (Å²) in [6, 6.07) is 17.9. The van der Waals surface area contributed by atoms with Crippen LogP contribution >= 0.6 is 0 Å². The molecule has 98 valence electrons. The maximum atomic E-state index is 2.34. The van der Waals surface area contributed by atoms with Gasteiger partial charge in [0, 0.05) is 0 Å². The fourth-order valence-corrected chi connectivity index (χ4v) is 3.79. The van der Waals surface area contributed by atoms with Gasteiger partial charge in [0.1, 0.15) is 0 Å². The highest BCUT2D eigenvalue weighted by Crippen LogP contribution is 2.47. The van der Waals surface area contributed by atoms with Crippen molar-refractivity contribution in [2.75, 3.05) is 0 Å². The highest BCUT2D eigenvalue weighted by Gasteiger charge is 2.23. The highest BCUT2D eigenvalue weighted by atomic mass is 14.3. The molecule has 0 saturated heterocycles. The first-order chi connectivity index (χ1) is 9.85. The van der Waals surface area contributed by atoms with Crippen LogP contribution in [0.25, 0.3) is 32.7 Å². The molecule has 0 radical (unpaired) electrons. The first-order valence-electron chi connectivity index (χ1n) is 7.52. The second-order valence-electron chi connectivity index (χ2n) is 5.54. The Balaban J connectivity index is 2.28. The summed E-state index contributed by atoms with van der Waals surface area (Å²) in [7, 11) is 0. The van der Waals surface area contributed by atoms with Gasteiger partial charge in [-0.25, -0.2) is 0 Å². The van der Waals surface area contributed by atoms with Crippen LogP contribution in [0.15, 0.2) is 48.5 Å². The molecule has 20 heavy (non-hydrogen) atoms. The Kier molecular flexibility index (Phi) is 2.47. The Morgan fingerprint density at radius 1 is 0.750 bits per heavy atom. The molecule has 4 rings (SSSR count). The lowest BCUT2D eigenvalue weighted by molar-refractivity contribution is 1.20. The maximum absolute atomic E-state index is 2.34. The van der Waals surface area contributed by atoms with Crippen molar-refractivity contribution in [2.24, 2.45) is 0 Å². The zero-order chi connectivity index (χ0) is 13.7. The van der Waals surface area contributed by atoms with Crippen molar-refractivity contribution in [1.82, 2.24) is 0 Å². The van der Waals surface area contributed by atoms with Gasteiger partial charge in [-0.1, -0.05) is 56.3 Å². The molecule has 3 aromatic rings. The molecule has 0 amide bonds. The lowest BCUT2D eigenvalue weighted by atomic mass is 9.94. The number of rotatable bonds is 2. The predicted molar refractivity (Wildman–Crippen MR) is 88.9 cm³/mol. The lowest BCUT2D eigenvalue weighted by Gasteiger charge is -2.09. The Bertz CT molecular complexity index is 866. The standard InChI is InChI=1S/C20H18/c1-3-15-16(4-2)20-17-10-6-5-8-13(17)12-14-9-7-11-18(15)19(14)20/h5-12H,3-4H2,1-2H3. The summed E-state index contributed by atoms with van der Waals surface area (Å²) in [5, 5.41) is 5.62. The van der Waals surface area contributed by atoms with Crippen LogP contribution in [0.1, 0.15) is 37.8 Å². The Labute approximate surface area is 119 Å². The lowest BCUT2D eigenvalue weighted by Crippen LogP contribution is -1.85. The van der Waals surface area contributed by atoms with Gasteiger partial charge in [0.05, 0.1) is 0 Å². The second kappa shape index (κ2) is 4.21.